The van der Waals surface area contributed by atoms with Crippen LogP contribution in [0.25, 0.3) is 0 Å². The van der Waals surface area contributed by atoms with Crippen LogP contribution in [0.3, 0.4) is 0 Å². The SMILES string of the molecule is CCC(C#N)(CCCOc1cc(C)ccc1[N+](=O)[O-])NC. The van der Waals surface area contributed by atoms with Crippen molar-refractivity contribution in [1.82, 2.24) is 5.32 Å². The molecule has 0 bridgehead atoms. The van der Waals surface area contributed by atoms with Gasteiger partial charge in [-0.3, -0.25) is 10.1 Å². The Hall–Kier alpha value is -2.13. The summed E-state index contributed by atoms with van der Waals surface area (Å²) in [5.41, 5.74) is 0.323. The summed E-state index contributed by atoms with van der Waals surface area (Å²) in [6, 6.07) is 7.07. The number of aryl methyl sites for hydroxylation is 1. The number of hydrogen-bond donors (Lipinski definition) is 1. The summed E-state index contributed by atoms with van der Waals surface area (Å²) in [5, 5.41) is 23.2. The number of nitriles is 1. The lowest BCUT2D eigenvalue weighted by Crippen LogP contribution is -2.41. The first-order valence-electron chi connectivity index (χ1n) is 6.96. The molecule has 0 heterocycles. The van der Waals surface area contributed by atoms with E-state index in [0.717, 1.165) is 5.56 Å². The molecule has 1 aromatic rings. The van der Waals surface area contributed by atoms with Gasteiger partial charge in [-0.25, -0.2) is 0 Å². The Balaban J connectivity index is 2.63. The number of hydrogen-bond acceptors (Lipinski definition) is 5. The Morgan fingerprint density at radius 2 is 2.24 bits per heavy atom. The monoisotopic (exact) mass is 291 g/mol. The third-order valence-corrected chi connectivity index (χ3v) is 3.61. The molecule has 0 spiro atoms. The van der Waals surface area contributed by atoms with Crippen LogP contribution in [0, 0.1) is 28.4 Å². The van der Waals surface area contributed by atoms with E-state index >= 15 is 0 Å². The molecule has 0 fully saturated rings. The summed E-state index contributed by atoms with van der Waals surface area (Å²) in [6.07, 6.45) is 1.98. The topological polar surface area (TPSA) is 88.2 Å². The second-order valence-corrected chi connectivity index (χ2v) is 4.98. The Labute approximate surface area is 124 Å². The number of nitrogens with zero attached hydrogens (tertiary/aromatic N) is 2. The zero-order valence-corrected chi connectivity index (χ0v) is 12.7. The fourth-order valence-corrected chi connectivity index (χ4v) is 2.11. The molecule has 114 valence electrons. The van der Waals surface area contributed by atoms with E-state index in [1.54, 1.807) is 19.2 Å². The van der Waals surface area contributed by atoms with Crippen LogP contribution in [-0.4, -0.2) is 24.1 Å². The van der Waals surface area contributed by atoms with Gasteiger partial charge in [-0.2, -0.15) is 5.26 Å². The van der Waals surface area contributed by atoms with Gasteiger partial charge in [0.1, 0.15) is 5.54 Å². The molecule has 1 atom stereocenters. The second-order valence-electron chi connectivity index (χ2n) is 4.98. The highest BCUT2D eigenvalue weighted by molar-refractivity contribution is 5.48. The highest BCUT2D eigenvalue weighted by Crippen LogP contribution is 2.28. The van der Waals surface area contributed by atoms with Crippen LogP contribution < -0.4 is 10.1 Å². The predicted molar refractivity (Wildman–Crippen MR) is 80.3 cm³/mol. The fraction of sp³-hybridized carbons (Fsp3) is 0.533. The summed E-state index contributed by atoms with van der Waals surface area (Å²) in [4.78, 5) is 10.5. The van der Waals surface area contributed by atoms with Gasteiger partial charge in [-0.05, 0) is 44.9 Å². The lowest BCUT2D eigenvalue weighted by Gasteiger charge is -2.24. The molecule has 0 saturated heterocycles. The first kappa shape index (κ1) is 16.9. The Bertz CT molecular complexity index is 533. The molecule has 6 heteroatoms. The minimum atomic E-state index is -0.554. The van der Waals surface area contributed by atoms with Crippen LogP contribution >= 0.6 is 0 Å². The zero-order chi connectivity index (χ0) is 15.9. The fourth-order valence-electron chi connectivity index (χ4n) is 2.11. The third-order valence-electron chi connectivity index (χ3n) is 3.61. The molecule has 0 amide bonds. The summed E-state index contributed by atoms with van der Waals surface area (Å²) >= 11 is 0. The average molecular weight is 291 g/mol. The number of ether oxygens (including phenoxy) is 1. The predicted octanol–water partition coefficient (Wildman–Crippen LogP) is 2.95. The van der Waals surface area contributed by atoms with E-state index in [0.29, 0.717) is 25.9 Å². The molecule has 1 unspecified atom stereocenters. The molecule has 0 saturated carbocycles. The van der Waals surface area contributed by atoms with E-state index in [1.165, 1.54) is 6.07 Å². The zero-order valence-electron chi connectivity index (χ0n) is 12.7. The molecule has 0 aliphatic rings. The highest BCUT2D eigenvalue weighted by Gasteiger charge is 2.25. The van der Waals surface area contributed by atoms with Crippen LogP contribution in [-0.2, 0) is 0 Å². The molecule has 6 nitrogen and oxygen atoms in total. The first-order valence-corrected chi connectivity index (χ1v) is 6.96. The Morgan fingerprint density at radius 3 is 2.76 bits per heavy atom. The van der Waals surface area contributed by atoms with Crippen molar-refractivity contribution in [3.05, 3.63) is 33.9 Å². The van der Waals surface area contributed by atoms with Crippen molar-refractivity contribution in [3.8, 4) is 11.8 Å². The standard InChI is InChI=1S/C15H21N3O3/c1-4-15(11-16,17-3)8-5-9-21-14-10-12(2)6-7-13(14)18(19)20/h6-7,10,17H,4-5,8-9H2,1-3H3. The highest BCUT2D eigenvalue weighted by atomic mass is 16.6. The molecule has 21 heavy (non-hydrogen) atoms. The molecule has 1 N–H and O–H groups in total. The number of nitrogens with one attached hydrogen (secondary N) is 1. The number of rotatable bonds is 8. The van der Waals surface area contributed by atoms with E-state index < -0.39 is 10.5 Å². The number of nitro groups is 1. The lowest BCUT2D eigenvalue weighted by molar-refractivity contribution is -0.385. The summed E-state index contributed by atoms with van der Waals surface area (Å²) in [7, 11) is 1.76. The van der Waals surface area contributed by atoms with Gasteiger partial charge in [-0.1, -0.05) is 13.0 Å². The van der Waals surface area contributed by atoms with Crippen LogP contribution in [0.2, 0.25) is 0 Å². The quantitative estimate of drug-likeness (QED) is 0.452. The summed E-state index contributed by atoms with van der Waals surface area (Å²) < 4.78 is 5.53. The van der Waals surface area contributed by atoms with Gasteiger partial charge in [0, 0.05) is 6.07 Å². The van der Waals surface area contributed by atoms with E-state index in [-0.39, 0.29) is 11.4 Å². The maximum absolute atomic E-state index is 10.9. The Morgan fingerprint density at radius 1 is 1.52 bits per heavy atom. The maximum atomic E-state index is 10.9. The average Bonchev–Trinajstić information content (AvgIpc) is 2.48. The normalized spacial score (nSPS) is 13.2. The van der Waals surface area contributed by atoms with Gasteiger partial charge in [0.05, 0.1) is 17.6 Å². The van der Waals surface area contributed by atoms with Gasteiger partial charge in [-0.15, -0.1) is 0 Å². The summed E-state index contributed by atoms with van der Waals surface area (Å²) in [6.45, 7) is 4.15. The minimum absolute atomic E-state index is 0.0312. The van der Waals surface area contributed by atoms with Gasteiger partial charge < -0.3 is 10.1 Å². The number of benzene rings is 1. The van der Waals surface area contributed by atoms with Crippen molar-refractivity contribution >= 4 is 5.69 Å². The number of nitro benzene ring substituents is 1. The largest absolute Gasteiger partial charge is 0.487 e. The molecule has 0 aliphatic heterocycles. The molecule has 0 aromatic heterocycles. The van der Waals surface area contributed by atoms with Crippen molar-refractivity contribution in [2.75, 3.05) is 13.7 Å². The molecule has 1 rings (SSSR count). The van der Waals surface area contributed by atoms with Gasteiger partial charge in [0.25, 0.3) is 0 Å². The second kappa shape index (κ2) is 7.60. The van der Waals surface area contributed by atoms with E-state index in [1.807, 2.05) is 13.8 Å². The lowest BCUT2D eigenvalue weighted by atomic mass is 9.92. The third kappa shape index (κ3) is 4.43. The van der Waals surface area contributed by atoms with Crippen LogP contribution in [0.1, 0.15) is 31.7 Å². The summed E-state index contributed by atoms with van der Waals surface area (Å²) in [5.74, 6) is 0.281. The molecule has 1 aromatic carbocycles. The van der Waals surface area contributed by atoms with Gasteiger partial charge in [0.2, 0.25) is 0 Å². The van der Waals surface area contributed by atoms with Crippen molar-refractivity contribution in [2.24, 2.45) is 0 Å². The van der Waals surface area contributed by atoms with Crippen LogP contribution in [0.4, 0.5) is 5.69 Å². The van der Waals surface area contributed by atoms with E-state index in [9.17, 15) is 15.4 Å². The van der Waals surface area contributed by atoms with E-state index in [2.05, 4.69) is 11.4 Å². The van der Waals surface area contributed by atoms with Crippen molar-refractivity contribution < 1.29 is 9.66 Å². The Kier molecular flexibility index (Phi) is 6.12. The molecular weight excluding hydrogens is 270 g/mol. The van der Waals surface area contributed by atoms with Crippen molar-refractivity contribution in [3.63, 3.8) is 0 Å². The van der Waals surface area contributed by atoms with Crippen LogP contribution in [0.15, 0.2) is 18.2 Å². The maximum Gasteiger partial charge on any atom is 0.310 e. The smallest absolute Gasteiger partial charge is 0.310 e. The van der Waals surface area contributed by atoms with Crippen molar-refractivity contribution in [2.45, 2.75) is 38.6 Å². The molecular formula is C15H21N3O3. The van der Waals surface area contributed by atoms with Gasteiger partial charge >= 0.3 is 5.69 Å². The minimum Gasteiger partial charge on any atom is -0.487 e. The van der Waals surface area contributed by atoms with Gasteiger partial charge in [0.15, 0.2) is 5.75 Å². The van der Waals surface area contributed by atoms with Crippen LogP contribution in [0.5, 0.6) is 5.75 Å². The van der Waals surface area contributed by atoms with Crippen molar-refractivity contribution in [1.29, 1.82) is 5.26 Å². The first-order chi connectivity index (χ1) is 9.98. The molecule has 0 radical (unpaired) electrons. The van der Waals surface area contributed by atoms with E-state index in [4.69, 9.17) is 4.74 Å². The molecule has 0 aliphatic carbocycles.